The fourth-order valence-corrected chi connectivity index (χ4v) is 2.88. The number of aliphatic carboxylic acids is 1. The number of carboxylic acids is 1. The van der Waals surface area contributed by atoms with Crippen molar-refractivity contribution < 1.29 is 19.5 Å². The van der Waals surface area contributed by atoms with Gasteiger partial charge >= 0.3 is 0 Å². The van der Waals surface area contributed by atoms with Gasteiger partial charge in [0.25, 0.3) is 0 Å². The van der Waals surface area contributed by atoms with E-state index in [0.717, 1.165) is 32.1 Å². The number of hydrogen-bond acceptors (Lipinski definition) is 3. The Morgan fingerprint density at radius 3 is 2.10 bits per heavy atom. The normalized spacial score (nSPS) is 14.2. The van der Waals surface area contributed by atoms with E-state index < -0.39 is 12.0 Å². The van der Waals surface area contributed by atoms with Gasteiger partial charge in [0.05, 0.1) is 19.1 Å². The Morgan fingerprint density at radius 2 is 1.67 bits per heavy atom. The van der Waals surface area contributed by atoms with Crippen molar-refractivity contribution in [2.75, 3.05) is 13.1 Å². The van der Waals surface area contributed by atoms with Crippen LogP contribution in [0.15, 0.2) is 12.0 Å². The van der Waals surface area contributed by atoms with E-state index in [4.69, 9.17) is 0 Å². The first kappa shape index (κ1) is 20.0. The number of aliphatic hydroxyl groups excluding tert-OH is 1. The molecule has 1 unspecified atom stereocenters. The summed E-state index contributed by atoms with van der Waals surface area (Å²) in [6.07, 6.45) is 8.53. The van der Waals surface area contributed by atoms with Gasteiger partial charge in [0.1, 0.15) is 18.0 Å². The molecule has 0 aliphatic carbocycles. The Bertz CT molecular complexity index is 320. The van der Waals surface area contributed by atoms with Gasteiger partial charge in [0, 0.05) is 6.42 Å². The zero-order chi connectivity index (χ0) is 16.3. The van der Waals surface area contributed by atoms with Crippen LogP contribution >= 0.6 is 0 Å². The molecular formula is C17H33NO3. The third-order valence-corrected chi connectivity index (χ3v) is 4.08. The second-order valence-corrected chi connectivity index (χ2v) is 5.98. The number of nitrogens with zero attached hydrogens (tertiary/aromatic N) is 1. The highest BCUT2D eigenvalue weighted by atomic mass is 16.4. The predicted octanol–water partition coefficient (Wildman–Crippen LogP) is 3.13. The fourth-order valence-electron chi connectivity index (χ4n) is 2.88. The van der Waals surface area contributed by atoms with E-state index in [9.17, 15) is 15.0 Å². The Morgan fingerprint density at radius 1 is 1.10 bits per heavy atom. The number of carboxylic acid groups (broad SMARTS) is 1. The third-order valence-electron chi connectivity index (χ3n) is 4.08. The molecule has 4 nitrogen and oxygen atoms in total. The van der Waals surface area contributed by atoms with E-state index in [1.165, 1.54) is 6.42 Å². The van der Waals surface area contributed by atoms with Crippen LogP contribution in [0.25, 0.3) is 0 Å². The van der Waals surface area contributed by atoms with Crippen LogP contribution in [-0.2, 0) is 4.79 Å². The quantitative estimate of drug-likeness (QED) is 0.342. The minimum atomic E-state index is -1.05. The summed E-state index contributed by atoms with van der Waals surface area (Å²) in [6, 6.07) is -0.636. The summed E-state index contributed by atoms with van der Waals surface area (Å²) < 4.78 is 0.287. The van der Waals surface area contributed by atoms with E-state index in [0.29, 0.717) is 25.3 Å². The van der Waals surface area contributed by atoms with E-state index in [-0.39, 0.29) is 4.48 Å². The Hall–Kier alpha value is -1.03. The number of hydrogen-bond donors (Lipinski definition) is 1. The van der Waals surface area contributed by atoms with Crippen LogP contribution in [0.3, 0.4) is 0 Å². The van der Waals surface area contributed by atoms with Crippen molar-refractivity contribution >= 4 is 5.97 Å². The van der Waals surface area contributed by atoms with E-state index in [1.807, 2.05) is 13.8 Å². The molecule has 0 radical (unpaired) electrons. The van der Waals surface area contributed by atoms with Crippen molar-refractivity contribution in [2.24, 2.45) is 0 Å². The van der Waals surface area contributed by atoms with Gasteiger partial charge in [-0.15, -0.1) is 0 Å². The number of allylic oxidation sites excluding steroid dienone is 1. The lowest BCUT2D eigenvalue weighted by Gasteiger charge is -2.40. The molecule has 0 heterocycles. The SMILES string of the molecule is CCCCCC/C(O)=C/[N+](CCC)(CCC)C(C)C(=O)[O-]. The van der Waals surface area contributed by atoms with Crippen LogP contribution < -0.4 is 5.11 Å². The zero-order valence-electron chi connectivity index (χ0n) is 14.2. The number of carbonyl (C=O) groups is 1. The van der Waals surface area contributed by atoms with Gasteiger partial charge in [-0.1, -0.05) is 40.0 Å². The van der Waals surface area contributed by atoms with Gasteiger partial charge in [-0.25, -0.2) is 0 Å². The van der Waals surface area contributed by atoms with E-state index >= 15 is 0 Å². The molecule has 0 saturated heterocycles. The molecular weight excluding hydrogens is 266 g/mol. The summed E-state index contributed by atoms with van der Waals surface area (Å²) in [5, 5.41) is 21.5. The smallest absolute Gasteiger partial charge is 0.145 e. The average molecular weight is 299 g/mol. The predicted molar refractivity (Wildman–Crippen MR) is 84.5 cm³/mol. The molecule has 0 amide bonds. The molecule has 0 saturated carbocycles. The van der Waals surface area contributed by atoms with Crippen LogP contribution in [0.2, 0.25) is 0 Å². The number of rotatable bonds is 12. The first-order valence-electron chi connectivity index (χ1n) is 8.41. The monoisotopic (exact) mass is 299 g/mol. The molecule has 1 atom stereocenters. The first-order valence-corrected chi connectivity index (χ1v) is 8.41. The lowest BCUT2D eigenvalue weighted by molar-refractivity contribution is -0.897. The van der Waals surface area contributed by atoms with Gasteiger partial charge in [-0.2, -0.15) is 0 Å². The van der Waals surface area contributed by atoms with E-state index in [2.05, 4.69) is 6.92 Å². The van der Waals surface area contributed by atoms with Crippen molar-refractivity contribution in [3.8, 4) is 0 Å². The Kier molecular flexibility index (Phi) is 10.1. The topological polar surface area (TPSA) is 60.4 Å². The minimum absolute atomic E-state index is 0.287. The summed E-state index contributed by atoms with van der Waals surface area (Å²) in [5.74, 6) is -0.729. The Balaban J connectivity index is 5.03. The molecule has 0 aromatic carbocycles. The number of quaternary nitrogens is 1. The maximum absolute atomic E-state index is 11.3. The van der Waals surface area contributed by atoms with Gasteiger partial charge in [0.15, 0.2) is 0 Å². The van der Waals surface area contributed by atoms with Crippen LogP contribution in [-0.4, -0.2) is 34.7 Å². The molecule has 0 aliphatic rings. The molecule has 0 fully saturated rings. The van der Waals surface area contributed by atoms with Crippen molar-refractivity contribution in [1.82, 2.24) is 0 Å². The summed E-state index contributed by atoms with van der Waals surface area (Å²) in [4.78, 5) is 11.3. The van der Waals surface area contributed by atoms with Crippen molar-refractivity contribution in [3.63, 3.8) is 0 Å². The first-order chi connectivity index (χ1) is 9.93. The van der Waals surface area contributed by atoms with Gasteiger partial charge in [0.2, 0.25) is 0 Å². The molecule has 0 aromatic rings. The van der Waals surface area contributed by atoms with Crippen molar-refractivity contribution in [3.05, 3.63) is 12.0 Å². The van der Waals surface area contributed by atoms with Crippen molar-refractivity contribution in [2.45, 2.75) is 78.7 Å². The zero-order valence-corrected chi connectivity index (χ0v) is 14.2. The molecule has 1 N–H and O–H groups in total. The number of carbonyl (C=O) groups excluding carboxylic acids is 1. The molecule has 0 spiro atoms. The molecule has 21 heavy (non-hydrogen) atoms. The van der Waals surface area contributed by atoms with E-state index in [1.54, 1.807) is 13.1 Å². The number of aliphatic hydroxyl groups is 1. The summed E-state index contributed by atoms with van der Waals surface area (Å²) in [5.41, 5.74) is 0. The van der Waals surface area contributed by atoms with Crippen LogP contribution in [0.5, 0.6) is 0 Å². The standard InChI is InChI=1S/C17H33NO3/c1-5-8-9-10-11-16(19)14-18(12-6-2,13-7-3)15(4)17(20)21/h14-15H,5-13H2,1-4H3,(H-,19,20,21)/b16-14-. The van der Waals surface area contributed by atoms with Gasteiger partial charge in [-0.05, 0) is 26.2 Å². The number of unbranched alkanes of at least 4 members (excludes halogenated alkanes) is 3. The minimum Gasteiger partial charge on any atom is -0.544 e. The third kappa shape index (κ3) is 6.98. The Labute approximate surface area is 130 Å². The highest BCUT2D eigenvalue weighted by molar-refractivity contribution is 5.69. The van der Waals surface area contributed by atoms with Crippen molar-refractivity contribution in [1.29, 1.82) is 0 Å². The summed E-state index contributed by atoms with van der Waals surface area (Å²) in [7, 11) is 0. The largest absolute Gasteiger partial charge is 0.544 e. The molecule has 124 valence electrons. The van der Waals surface area contributed by atoms with Crippen LogP contribution in [0.4, 0.5) is 0 Å². The summed E-state index contributed by atoms with van der Waals surface area (Å²) >= 11 is 0. The molecule has 4 heteroatoms. The highest BCUT2D eigenvalue weighted by Crippen LogP contribution is 2.21. The molecule has 0 bridgehead atoms. The van der Waals surface area contributed by atoms with Crippen LogP contribution in [0, 0.1) is 0 Å². The second-order valence-electron chi connectivity index (χ2n) is 5.98. The van der Waals surface area contributed by atoms with Gasteiger partial charge < -0.3 is 15.0 Å². The maximum atomic E-state index is 11.3. The molecule has 0 rings (SSSR count). The molecule has 0 aromatic heterocycles. The highest BCUT2D eigenvalue weighted by Gasteiger charge is 2.32. The second kappa shape index (κ2) is 10.7. The lowest BCUT2D eigenvalue weighted by atomic mass is 10.1. The summed E-state index contributed by atoms with van der Waals surface area (Å²) in [6.45, 7) is 9.33. The fraction of sp³-hybridized carbons (Fsp3) is 0.824. The maximum Gasteiger partial charge on any atom is 0.145 e. The van der Waals surface area contributed by atoms with Gasteiger partial charge in [-0.3, -0.25) is 4.48 Å². The van der Waals surface area contributed by atoms with Crippen LogP contribution in [0.1, 0.15) is 72.6 Å². The average Bonchev–Trinajstić information content (AvgIpc) is 2.43. The molecule has 0 aliphatic heterocycles. The lowest BCUT2D eigenvalue weighted by Crippen LogP contribution is -2.58.